The summed E-state index contributed by atoms with van der Waals surface area (Å²) in [5.41, 5.74) is 0.860. The van der Waals surface area contributed by atoms with Gasteiger partial charge in [-0.25, -0.2) is 4.79 Å². The van der Waals surface area contributed by atoms with Gasteiger partial charge in [0, 0.05) is 17.4 Å². The molecule has 2 rings (SSSR count). The molecule has 1 amide bonds. The van der Waals surface area contributed by atoms with E-state index in [-0.39, 0.29) is 5.91 Å². The molecule has 5 heteroatoms. The number of hydrogen-bond donors (Lipinski definition) is 2. The fourth-order valence-corrected chi connectivity index (χ4v) is 3.51. The first-order valence-corrected chi connectivity index (χ1v) is 8.27. The molecule has 4 nitrogen and oxygen atoms in total. The van der Waals surface area contributed by atoms with Crippen molar-refractivity contribution in [1.82, 2.24) is 5.32 Å². The fraction of sp³-hybridized carbons (Fsp3) is 0.500. The Morgan fingerprint density at radius 2 is 2.14 bits per heavy atom. The molecule has 0 saturated heterocycles. The summed E-state index contributed by atoms with van der Waals surface area (Å²) in [4.78, 5) is 23.4. The minimum absolute atomic E-state index is 0.0865. The second-order valence-corrected chi connectivity index (χ2v) is 6.44. The van der Waals surface area contributed by atoms with Gasteiger partial charge in [0.2, 0.25) is 5.91 Å². The van der Waals surface area contributed by atoms with Crippen LogP contribution in [0.2, 0.25) is 0 Å². The third-order valence-electron chi connectivity index (χ3n) is 3.89. The monoisotopic (exact) mass is 307 g/mol. The Morgan fingerprint density at radius 1 is 1.38 bits per heavy atom. The minimum atomic E-state index is -0.965. The van der Waals surface area contributed by atoms with Crippen molar-refractivity contribution in [3.05, 3.63) is 28.0 Å². The summed E-state index contributed by atoms with van der Waals surface area (Å²) in [5, 5.41) is 13.5. The molecule has 1 heterocycles. The summed E-state index contributed by atoms with van der Waals surface area (Å²) in [6, 6.07) is 1.87. The zero-order chi connectivity index (χ0) is 15.1. The Bertz CT molecular complexity index is 515. The molecule has 0 spiro atoms. The Kier molecular flexibility index (Phi) is 5.99. The maximum absolute atomic E-state index is 11.9. The topological polar surface area (TPSA) is 66.4 Å². The average Bonchev–Trinajstić information content (AvgIpc) is 3.11. The lowest BCUT2D eigenvalue weighted by Gasteiger charge is -2.09. The molecule has 1 saturated carbocycles. The number of thiophene rings is 1. The average molecular weight is 307 g/mol. The standard InChI is InChI=1S/C16H21NO3S/c18-15(7-5-12-3-1-2-4-12)17-11-14-13(9-10-21-14)6-8-16(19)20/h6,8-10,12H,1-5,7,11H2,(H,17,18)(H,19,20)/b8-6+. The summed E-state index contributed by atoms with van der Waals surface area (Å²) >= 11 is 1.53. The number of carboxylic acids is 1. The van der Waals surface area contributed by atoms with Crippen LogP contribution in [0.3, 0.4) is 0 Å². The van der Waals surface area contributed by atoms with Gasteiger partial charge in [0.25, 0.3) is 0 Å². The summed E-state index contributed by atoms with van der Waals surface area (Å²) in [5.74, 6) is -0.150. The number of carbonyl (C=O) groups excluding carboxylic acids is 1. The molecule has 2 N–H and O–H groups in total. The number of rotatable bonds is 7. The summed E-state index contributed by atoms with van der Waals surface area (Å²) in [6.07, 6.45) is 9.41. The van der Waals surface area contributed by atoms with Crippen LogP contribution >= 0.6 is 11.3 Å². The highest BCUT2D eigenvalue weighted by molar-refractivity contribution is 7.10. The molecule has 0 radical (unpaired) electrons. The van der Waals surface area contributed by atoms with E-state index in [9.17, 15) is 9.59 Å². The molecule has 0 bridgehead atoms. The number of hydrogen-bond acceptors (Lipinski definition) is 3. The molecule has 1 aliphatic carbocycles. The zero-order valence-electron chi connectivity index (χ0n) is 12.0. The van der Waals surface area contributed by atoms with E-state index in [0.717, 1.165) is 28.9 Å². The second-order valence-electron chi connectivity index (χ2n) is 5.44. The minimum Gasteiger partial charge on any atom is -0.478 e. The van der Waals surface area contributed by atoms with Gasteiger partial charge in [-0.3, -0.25) is 4.79 Å². The Morgan fingerprint density at radius 3 is 2.86 bits per heavy atom. The number of carboxylic acid groups (broad SMARTS) is 1. The van der Waals surface area contributed by atoms with Crippen LogP contribution in [0.15, 0.2) is 17.5 Å². The third kappa shape index (κ3) is 5.34. The molecule has 21 heavy (non-hydrogen) atoms. The quantitative estimate of drug-likeness (QED) is 0.758. The SMILES string of the molecule is O=C(O)/C=C/c1ccsc1CNC(=O)CCC1CCCC1. The first kappa shape index (κ1) is 15.8. The Balaban J connectivity index is 1.75. The normalized spacial score (nSPS) is 15.6. The van der Waals surface area contributed by atoms with E-state index in [4.69, 9.17) is 5.11 Å². The summed E-state index contributed by atoms with van der Waals surface area (Å²) in [6.45, 7) is 0.473. The van der Waals surface area contributed by atoms with Gasteiger partial charge in [0.05, 0.1) is 6.54 Å². The molecular formula is C16H21NO3S. The van der Waals surface area contributed by atoms with Gasteiger partial charge in [-0.1, -0.05) is 25.7 Å². The van der Waals surface area contributed by atoms with Gasteiger partial charge < -0.3 is 10.4 Å². The lowest BCUT2D eigenvalue weighted by atomic mass is 10.0. The van der Waals surface area contributed by atoms with Crippen LogP contribution in [0.1, 0.15) is 49.0 Å². The summed E-state index contributed by atoms with van der Waals surface area (Å²) in [7, 11) is 0. The van der Waals surface area contributed by atoms with Gasteiger partial charge in [-0.15, -0.1) is 11.3 Å². The van der Waals surface area contributed by atoms with E-state index >= 15 is 0 Å². The van der Waals surface area contributed by atoms with E-state index < -0.39 is 5.97 Å². The molecule has 0 unspecified atom stereocenters. The van der Waals surface area contributed by atoms with Crippen molar-refractivity contribution in [2.45, 2.75) is 45.1 Å². The van der Waals surface area contributed by atoms with Crippen LogP contribution in [0.5, 0.6) is 0 Å². The predicted molar refractivity (Wildman–Crippen MR) is 84.0 cm³/mol. The van der Waals surface area contributed by atoms with Gasteiger partial charge >= 0.3 is 5.97 Å². The number of amides is 1. The van der Waals surface area contributed by atoms with Crippen LogP contribution in [-0.4, -0.2) is 17.0 Å². The zero-order valence-corrected chi connectivity index (χ0v) is 12.8. The van der Waals surface area contributed by atoms with E-state index in [2.05, 4.69) is 5.32 Å². The van der Waals surface area contributed by atoms with Gasteiger partial charge in [0.15, 0.2) is 0 Å². The number of aliphatic carboxylic acids is 1. The van der Waals surface area contributed by atoms with Crippen LogP contribution in [0, 0.1) is 5.92 Å². The highest BCUT2D eigenvalue weighted by Crippen LogP contribution is 2.28. The first-order chi connectivity index (χ1) is 10.1. The van der Waals surface area contributed by atoms with Crippen LogP contribution in [0.25, 0.3) is 6.08 Å². The molecule has 1 aromatic rings. The van der Waals surface area contributed by atoms with Gasteiger partial charge in [-0.05, 0) is 35.4 Å². The highest BCUT2D eigenvalue weighted by atomic mass is 32.1. The molecular weight excluding hydrogens is 286 g/mol. The molecule has 114 valence electrons. The van der Waals surface area contributed by atoms with Crippen molar-refractivity contribution in [3.8, 4) is 0 Å². The molecule has 1 aliphatic rings. The lowest BCUT2D eigenvalue weighted by molar-refractivity contribution is -0.131. The predicted octanol–water partition coefficient (Wildman–Crippen LogP) is 3.43. The molecule has 0 atom stereocenters. The van der Waals surface area contributed by atoms with E-state index in [1.165, 1.54) is 37.0 Å². The van der Waals surface area contributed by atoms with Crippen molar-refractivity contribution in [1.29, 1.82) is 0 Å². The van der Waals surface area contributed by atoms with E-state index in [1.54, 1.807) is 6.08 Å². The largest absolute Gasteiger partial charge is 0.478 e. The first-order valence-electron chi connectivity index (χ1n) is 7.39. The fourth-order valence-electron chi connectivity index (χ4n) is 2.71. The van der Waals surface area contributed by atoms with E-state index in [0.29, 0.717) is 13.0 Å². The summed E-state index contributed by atoms with van der Waals surface area (Å²) < 4.78 is 0. The lowest BCUT2D eigenvalue weighted by Crippen LogP contribution is -2.22. The molecule has 1 fully saturated rings. The molecule has 0 aliphatic heterocycles. The van der Waals surface area contributed by atoms with E-state index in [1.807, 2.05) is 11.4 Å². The van der Waals surface area contributed by atoms with Crippen molar-refractivity contribution < 1.29 is 14.7 Å². The van der Waals surface area contributed by atoms with Crippen molar-refractivity contribution >= 4 is 29.3 Å². The van der Waals surface area contributed by atoms with Gasteiger partial charge in [-0.2, -0.15) is 0 Å². The number of carbonyl (C=O) groups is 2. The molecule has 0 aromatic carbocycles. The van der Waals surface area contributed by atoms with Gasteiger partial charge in [0.1, 0.15) is 0 Å². The van der Waals surface area contributed by atoms with Crippen LogP contribution in [0.4, 0.5) is 0 Å². The van der Waals surface area contributed by atoms with Crippen molar-refractivity contribution in [2.24, 2.45) is 5.92 Å². The Hall–Kier alpha value is -1.62. The highest BCUT2D eigenvalue weighted by Gasteiger charge is 2.16. The second kappa shape index (κ2) is 7.98. The maximum atomic E-state index is 11.9. The van der Waals surface area contributed by atoms with Crippen molar-refractivity contribution in [3.63, 3.8) is 0 Å². The van der Waals surface area contributed by atoms with Crippen molar-refractivity contribution in [2.75, 3.05) is 0 Å². The third-order valence-corrected chi connectivity index (χ3v) is 4.82. The van der Waals surface area contributed by atoms with Crippen LogP contribution < -0.4 is 5.32 Å². The molecule has 1 aromatic heterocycles. The number of nitrogens with one attached hydrogen (secondary N) is 1. The smallest absolute Gasteiger partial charge is 0.328 e. The van der Waals surface area contributed by atoms with Crippen LogP contribution in [-0.2, 0) is 16.1 Å². The maximum Gasteiger partial charge on any atom is 0.328 e. The Labute approximate surface area is 128 Å².